The minimum Gasteiger partial charge on any atom is -0.492 e. The second-order valence-electron chi connectivity index (χ2n) is 9.88. The third kappa shape index (κ3) is 3.94. The number of rotatable bonds is 5. The van der Waals surface area contributed by atoms with Crippen LogP contribution in [0.5, 0.6) is 5.75 Å². The van der Waals surface area contributed by atoms with Gasteiger partial charge in [0.1, 0.15) is 23.2 Å². The highest BCUT2D eigenvalue weighted by Gasteiger charge is 2.47. The van der Waals surface area contributed by atoms with Gasteiger partial charge in [0, 0.05) is 23.0 Å². The fourth-order valence-electron chi connectivity index (χ4n) is 4.97. The number of benzene rings is 1. The maximum Gasteiger partial charge on any atom is 0.306 e. The highest BCUT2D eigenvalue weighted by atomic mass is 19.1. The van der Waals surface area contributed by atoms with Gasteiger partial charge in [0.05, 0.1) is 18.7 Å². The molecule has 0 bridgehead atoms. The molecule has 9 heteroatoms. The molecule has 3 aliphatic heterocycles. The summed E-state index contributed by atoms with van der Waals surface area (Å²) in [6, 6.07) is 0.375. The average molecular weight is 448 g/mol. The van der Waals surface area contributed by atoms with E-state index in [4.69, 9.17) is 15.2 Å². The largest absolute Gasteiger partial charge is 0.492 e. The molecule has 1 aromatic rings. The van der Waals surface area contributed by atoms with E-state index in [-0.39, 0.29) is 30.4 Å². The Balaban J connectivity index is 1.59. The van der Waals surface area contributed by atoms with Gasteiger partial charge in [-0.2, -0.15) is 0 Å². The van der Waals surface area contributed by atoms with E-state index in [1.54, 1.807) is 20.8 Å². The smallest absolute Gasteiger partial charge is 0.306 e. The van der Waals surface area contributed by atoms with E-state index in [1.165, 1.54) is 11.0 Å². The summed E-state index contributed by atoms with van der Waals surface area (Å²) in [6.07, 6.45) is 1.58. The van der Waals surface area contributed by atoms with Crippen molar-refractivity contribution in [3.63, 3.8) is 0 Å². The van der Waals surface area contributed by atoms with Gasteiger partial charge in [-0.3, -0.25) is 14.4 Å². The molecule has 3 aliphatic rings. The molecule has 0 radical (unpaired) electrons. The second-order valence-corrected chi connectivity index (χ2v) is 9.88. The molecule has 32 heavy (non-hydrogen) atoms. The predicted molar refractivity (Wildman–Crippen MR) is 114 cm³/mol. The molecule has 3 N–H and O–H groups in total. The fourth-order valence-corrected chi connectivity index (χ4v) is 4.97. The third-order valence-corrected chi connectivity index (χ3v) is 6.50. The summed E-state index contributed by atoms with van der Waals surface area (Å²) in [4.78, 5) is 38.7. The van der Waals surface area contributed by atoms with Gasteiger partial charge in [0.2, 0.25) is 5.91 Å². The molecule has 1 saturated heterocycles. The summed E-state index contributed by atoms with van der Waals surface area (Å²) in [6.45, 7) is 7.35. The SMILES string of the molecule is CC(C)(C)OC(=O)CC[C@@H](C(N)=O)N1Cc2c3c(cc(F)c2C1=O)C1(CCNCC1)CO3. The lowest BCUT2D eigenvalue weighted by atomic mass is 9.74. The molecule has 1 aromatic carbocycles. The zero-order chi connectivity index (χ0) is 23.3. The molecule has 3 heterocycles. The van der Waals surface area contributed by atoms with Crippen molar-refractivity contribution < 1.29 is 28.2 Å². The Morgan fingerprint density at radius 2 is 2.03 bits per heavy atom. The van der Waals surface area contributed by atoms with E-state index in [1.807, 2.05) is 0 Å². The molecule has 1 atom stereocenters. The number of ether oxygens (including phenoxy) is 2. The van der Waals surface area contributed by atoms with Crippen LogP contribution in [0.25, 0.3) is 0 Å². The van der Waals surface area contributed by atoms with Crippen molar-refractivity contribution in [1.29, 1.82) is 0 Å². The van der Waals surface area contributed by atoms with Gasteiger partial charge < -0.3 is 25.4 Å². The first kappa shape index (κ1) is 22.5. The Morgan fingerprint density at radius 1 is 1.34 bits per heavy atom. The first-order valence-corrected chi connectivity index (χ1v) is 11.0. The van der Waals surface area contributed by atoms with Crippen LogP contribution in [-0.2, 0) is 26.3 Å². The summed E-state index contributed by atoms with van der Waals surface area (Å²) in [5.41, 5.74) is 5.84. The molecule has 1 spiro atoms. The first-order chi connectivity index (χ1) is 15.0. The molecule has 0 aliphatic carbocycles. The molecule has 174 valence electrons. The number of halogens is 1. The highest BCUT2D eigenvalue weighted by Crippen LogP contribution is 2.49. The van der Waals surface area contributed by atoms with Crippen molar-refractivity contribution in [3.8, 4) is 5.75 Å². The highest BCUT2D eigenvalue weighted by molar-refractivity contribution is 6.02. The third-order valence-electron chi connectivity index (χ3n) is 6.50. The summed E-state index contributed by atoms with van der Waals surface area (Å²) >= 11 is 0. The van der Waals surface area contributed by atoms with E-state index < -0.39 is 35.2 Å². The predicted octanol–water partition coefficient (Wildman–Crippen LogP) is 1.77. The van der Waals surface area contributed by atoms with Crippen LogP contribution in [0, 0.1) is 5.82 Å². The lowest BCUT2D eigenvalue weighted by molar-refractivity contribution is -0.155. The number of hydrogen-bond donors (Lipinski definition) is 2. The average Bonchev–Trinajstić information content (AvgIpc) is 3.21. The van der Waals surface area contributed by atoms with Crippen LogP contribution < -0.4 is 15.8 Å². The Kier molecular flexibility index (Phi) is 5.65. The van der Waals surface area contributed by atoms with Crippen LogP contribution in [0.2, 0.25) is 0 Å². The summed E-state index contributed by atoms with van der Waals surface area (Å²) < 4.78 is 26.5. The molecule has 0 saturated carbocycles. The number of esters is 1. The van der Waals surface area contributed by atoms with Crippen LogP contribution in [0.4, 0.5) is 4.39 Å². The minimum absolute atomic E-state index is 0.00422. The van der Waals surface area contributed by atoms with E-state index in [2.05, 4.69) is 5.32 Å². The summed E-state index contributed by atoms with van der Waals surface area (Å²) in [7, 11) is 0. The van der Waals surface area contributed by atoms with Crippen molar-refractivity contribution in [3.05, 3.63) is 28.6 Å². The Bertz CT molecular complexity index is 965. The number of piperidine rings is 1. The van der Waals surface area contributed by atoms with E-state index in [9.17, 15) is 14.4 Å². The number of nitrogens with two attached hydrogens (primary N) is 1. The quantitative estimate of drug-likeness (QED) is 0.666. The van der Waals surface area contributed by atoms with Gasteiger partial charge in [-0.1, -0.05) is 0 Å². The Labute approximate surface area is 186 Å². The van der Waals surface area contributed by atoms with Gasteiger partial charge in [0.15, 0.2) is 0 Å². The lowest BCUT2D eigenvalue weighted by Gasteiger charge is -2.32. The maximum atomic E-state index is 15.2. The zero-order valence-electron chi connectivity index (χ0n) is 18.8. The van der Waals surface area contributed by atoms with Crippen LogP contribution in [-0.4, -0.2) is 54.0 Å². The van der Waals surface area contributed by atoms with Crippen LogP contribution in [0.3, 0.4) is 0 Å². The Hall–Kier alpha value is -2.68. The number of nitrogens with one attached hydrogen (secondary N) is 1. The topological polar surface area (TPSA) is 111 Å². The standard InChI is InChI=1S/C23H30FN3O5/c1-22(2,3)32-17(28)5-4-16(20(25)29)27-11-13-18(21(27)30)15(24)10-14-19(13)31-12-23(14)6-8-26-9-7-23/h10,16,26H,4-9,11-12H2,1-3H3,(H2,25,29)/t16-/m0/s1. The van der Waals surface area contributed by atoms with E-state index >= 15 is 4.39 Å². The lowest BCUT2D eigenvalue weighted by Crippen LogP contribution is -2.45. The van der Waals surface area contributed by atoms with Crippen LogP contribution in [0.15, 0.2) is 6.07 Å². The summed E-state index contributed by atoms with van der Waals surface area (Å²) in [5, 5.41) is 3.31. The van der Waals surface area contributed by atoms with Crippen molar-refractivity contribution in [2.45, 2.75) is 70.1 Å². The van der Waals surface area contributed by atoms with Gasteiger partial charge in [0.25, 0.3) is 5.91 Å². The monoisotopic (exact) mass is 447 g/mol. The number of nitrogens with zero attached hydrogens (tertiary/aromatic N) is 1. The van der Waals surface area contributed by atoms with Crippen molar-refractivity contribution in [2.75, 3.05) is 19.7 Å². The number of fused-ring (bicyclic) bond motifs is 4. The van der Waals surface area contributed by atoms with Crippen molar-refractivity contribution in [2.24, 2.45) is 5.73 Å². The Morgan fingerprint density at radius 3 is 2.66 bits per heavy atom. The van der Waals surface area contributed by atoms with Gasteiger partial charge in [-0.25, -0.2) is 4.39 Å². The molecular weight excluding hydrogens is 417 g/mol. The number of carbonyl (C=O) groups excluding carboxylic acids is 3. The normalized spacial score (nSPS) is 20.0. The number of amides is 2. The van der Waals surface area contributed by atoms with Gasteiger partial charge in [-0.15, -0.1) is 0 Å². The molecular formula is C23H30FN3O5. The molecule has 8 nitrogen and oxygen atoms in total. The molecule has 0 aromatic heterocycles. The molecule has 1 fully saturated rings. The molecule has 2 amide bonds. The van der Waals surface area contributed by atoms with E-state index in [0.29, 0.717) is 17.9 Å². The van der Waals surface area contributed by atoms with Crippen LogP contribution >= 0.6 is 0 Å². The molecule has 4 rings (SSSR count). The molecule has 0 unspecified atom stereocenters. The number of carbonyl (C=O) groups is 3. The first-order valence-electron chi connectivity index (χ1n) is 11.0. The minimum atomic E-state index is -1.05. The second kappa shape index (κ2) is 8.03. The van der Waals surface area contributed by atoms with Gasteiger partial charge >= 0.3 is 5.97 Å². The van der Waals surface area contributed by atoms with Crippen molar-refractivity contribution >= 4 is 17.8 Å². The van der Waals surface area contributed by atoms with E-state index in [0.717, 1.165) is 31.5 Å². The zero-order valence-corrected chi connectivity index (χ0v) is 18.8. The number of primary amides is 1. The maximum absolute atomic E-state index is 15.2. The van der Waals surface area contributed by atoms with Crippen LogP contribution in [0.1, 0.15) is 67.9 Å². The van der Waals surface area contributed by atoms with Crippen molar-refractivity contribution in [1.82, 2.24) is 10.2 Å². The fraction of sp³-hybridized carbons (Fsp3) is 0.609. The summed E-state index contributed by atoms with van der Waals surface area (Å²) in [5.74, 6) is -1.90. The number of hydrogen-bond acceptors (Lipinski definition) is 6. The van der Waals surface area contributed by atoms with Gasteiger partial charge in [-0.05, 0) is 59.2 Å².